The Morgan fingerprint density at radius 1 is 1.00 bits per heavy atom. The summed E-state index contributed by atoms with van der Waals surface area (Å²) >= 11 is 0. The Labute approximate surface area is 142 Å². The molecule has 0 saturated heterocycles. The van der Waals surface area contributed by atoms with Gasteiger partial charge in [-0.05, 0) is 44.2 Å². The molecule has 0 spiro atoms. The van der Waals surface area contributed by atoms with Gasteiger partial charge in [-0.1, -0.05) is 38.9 Å². The van der Waals surface area contributed by atoms with E-state index in [0.29, 0.717) is 0 Å². The number of nitrogens with one attached hydrogen (secondary N) is 1. The molecule has 0 bridgehead atoms. The lowest BCUT2D eigenvalue weighted by Gasteiger charge is -2.33. The van der Waals surface area contributed by atoms with Crippen LogP contribution in [0.4, 0.5) is 17.1 Å². The number of nitrogens with zero attached hydrogens (tertiary/aromatic N) is 1. The van der Waals surface area contributed by atoms with Gasteiger partial charge in [0.1, 0.15) is 4.67 Å². The number of rotatable bonds is 1. The van der Waals surface area contributed by atoms with Crippen LogP contribution in [0.15, 0.2) is 53.5 Å². The molecule has 0 fully saturated rings. The fourth-order valence-electron chi connectivity index (χ4n) is 2.86. The summed E-state index contributed by atoms with van der Waals surface area (Å²) in [4.78, 5) is 6.21. The average Bonchev–Trinajstić information content (AvgIpc) is 2.94. The fourth-order valence-corrected chi connectivity index (χ4v) is 5.80. The summed E-state index contributed by atoms with van der Waals surface area (Å²) in [6.07, 6.45) is 0. The molecule has 116 valence electrons. The Hall–Kier alpha value is -2.11. The van der Waals surface area contributed by atoms with Crippen molar-refractivity contribution in [2.24, 2.45) is 4.99 Å². The molecule has 2 heterocycles. The monoisotopic (exact) mass is 339 g/mol. The van der Waals surface area contributed by atoms with Crippen LogP contribution < -0.4 is 15.7 Å². The zero-order chi connectivity index (χ0) is 16.0. The summed E-state index contributed by atoms with van der Waals surface area (Å²) in [5, 5.41) is 3.64. The molecule has 1 aliphatic heterocycles. The highest BCUT2D eigenvalue weighted by Gasteiger charge is 2.33. The lowest BCUT2D eigenvalue weighted by molar-refractivity contribution is 0.619. The number of anilines is 2. The van der Waals surface area contributed by atoms with Crippen molar-refractivity contribution >= 4 is 37.7 Å². The fraction of sp³-hybridized carbons (Fsp3) is 0.167. The van der Waals surface area contributed by atoms with Crippen molar-refractivity contribution < 1.29 is 0 Å². The van der Waals surface area contributed by atoms with Crippen LogP contribution in [-0.4, -0.2) is 0 Å². The largest absolute Gasteiger partial charge is 0.399 e. The Bertz CT molecular complexity index is 933. The van der Waals surface area contributed by atoms with E-state index in [1.165, 1.54) is 21.7 Å². The van der Waals surface area contributed by atoms with Crippen LogP contribution in [0, 0.1) is 0 Å². The first-order valence-corrected chi connectivity index (χ1v) is 9.61. The molecule has 23 heavy (non-hydrogen) atoms. The number of fused-ring (bicyclic) bond motifs is 3. The zero-order valence-corrected chi connectivity index (χ0v) is 14.6. The minimum Gasteiger partial charge on any atom is -0.399 e. The van der Waals surface area contributed by atoms with E-state index in [1.54, 1.807) is 20.7 Å². The maximum absolute atomic E-state index is 5.76. The Morgan fingerprint density at radius 3 is 2.52 bits per heavy atom. The van der Waals surface area contributed by atoms with Gasteiger partial charge in [-0.3, -0.25) is 0 Å². The number of nitrogens with two attached hydrogens (primary N) is 1. The Morgan fingerprint density at radius 2 is 1.74 bits per heavy atom. The molecule has 0 atom stereocenters. The predicted molar refractivity (Wildman–Crippen MR) is 100 cm³/mol. The molecule has 3 nitrogen and oxygen atoms in total. The quantitative estimate of drug-likeness (QED) is 0.487. The second-order valence-corrected chi connectivity index (χ2v) is 8.30. The molecule has 2 aromatic carbocycles. The lowest BCUT2D eigenvalue weighted by atomic mass is 9.90. The molecule has 1 aliphatic rings. The molecule has 3 N–H and O–H groups in total. The number of nitrogen functional groups attached to an aromatic ring is 1. The van der Waals surface area contributed by atoms with Crippen LogP contribution in [-0.2, 0) is 5.54 Å². The molecule has 5 heteroatoms. The van der Waals surface area contributed by atoms with Gasteiger partial charge in [-0.25, -0.2) is 4.99 Å². The third-order valence-electron chi connectivity index (χ3n) is 3.98. The molecular weight excluding hydrogens is 322 g/mol. The van der Waals surface area contributed by atoms with E-state index in [0.717, 1.165) is 16.0 Å². The smallest absolute Gasteiger partial charge is 0.135 e. The summed E-state index contributed by atoms with van der Waals surface area (Å²) < 4.78 is 1.07. The van der Waals surface area contributed by atoms with Crippen molar-refractivity contribution in [2.45, 2.75) is 19.4 Å². The van der Waals surface area contributed by atoms with Crippen molar-refractivity contribution in [3.05, 3.63) is 58.1 Å². The molecular formula is C18H17N3S2. The van der Waals surface area contributed by atoms with E-state index in [4.69, 9.17) is 10.7 Å². The second kappa shape index (κ2) is 5.22. The van der Waals surface area contributed by atoms with E-state index in [2.05, 4.69) is 43.4 Å². The van der Waals surface area contributed by atoms with Gasteiger partial charge < -0.3 is 11.1 Å². The van der Waals surface area contributed by atoms with Crippen molar-refractivity contribution in [2.75, 3.05) is 11.1 Å². The normalized spacial score (nSPS) is 15.7. The van der Waals surface area contributed by atoms with Gasteiger partial charge in [-0.2, -0.15) is 0 Å². The van der Waals surface area contributed by atoms with Gasteiger partial charge in [0.05, 0.1) is 16.1 Å². The van der Waals surface area contributed by atoms with Gasteiger partial charge in [0.15, 0.2) is 0 Å². The minimum absolute atomic E-state index is 0.0836. The first-order chi connectivity index (χ1) is 11.0. The van der Waals surface area contributed by atoms with Gasteiger partial charge in [-0.15, -0.1) is 0 Å². The molecule has 0 aliphatic carbocycles. The summed E-state index contributed by atoms with van der Waals surface area (Å²) in [7, 11) is 3.54. The van der Waals surface area contributed by atoms with Crippen LogP contribution in [0.2, 0.25) is 0 Å². The molecule has 0 radical (unpaired) electrons. The van der Waals surface area contributed by atoms with E-state index in [1.807, 2.05) is 24.3 Å². The molecule has 1 aromatic heterocycles. The highest BCUT2D eigenvalue weighted by atomic mass is 32.9. The molecule has 0 amide bonds. The SMILES string of the molecule is CC1(C)Nc2ccccc2-c2c1ssc2=Nc1ccc(N)cc1. The summed E-state index contributed by atoms with van der Waals surface area (Å²) in [6.45, 7) is 4.44. The summed E-state index contributed by atoms with van der Waals surface area (Å²) in [5.74, 6) is 0. The maximum atomic E-state index is 5.76. The molecule has 4 rings (SSSR count). The molecule has 3 aromatic rings. The highest BCUT2D eigenvalue weighted by molar-refractivity contribution is 7.68. The first-order valence-electron chi connectivity index (χ1n) is 7.46. The van der Waals surface area contributed by atoms with Crippen LogP contribution in [0.5, 0.6) is 0 Å². The minimum atomic E-state index is -0.0836. The highest BCUT2D eigenvalue weighted by Crippen LogP contribution is 2.45. The molecule has 0 unspecified atom stereocenters. The Kier molecular flexibility index (Phi) is 3.28. The van der Waals surface area contributed by atoms with Gasteiger partial charge in [0, 0.05) is 22.5 Å². The zero-order valence-electron chi connectivity index (χ0n) is 13.0. The van der Waals surface area contributed by atoms with E-state index in [-0.39, 0.29) is 5.54 Å². The standard InChI is InChI=1S/C18H17N3S2/c1-18(2)16-15(13-5-3-4-6-14(13)21-18)17(23-22-16)20-12-9-7-11(19)8-10-12/h3-10,21H,19H2,1-2H3. The van der Waals surface area contributed by atoms with E-state index >= 15 is 0 Å². The topological polar surface area (TPSA) is 50.4 Å². The average molecular weight is 339 g/mol. The van der Waals surface area contributed by atoms with Crippen LogP contribution in [0.3, 0.4) is 0 Å². The van der Waals surface area contributed by atoms with Gasteiger partial charge in [0.2, 0.25) is 0 Å². The molecule has 0 saturated carbocycles. The third kappa shape index (κ3) is 2.46. The van der Waals surface area contributed by atoms with E-state index in [9.17, 15) is 0 Å². The van der Waals surface area contributed by atoms with Crippen LogP contribution in [0.1, 0.15) is 18.7 Å². The summed E-state index contributed by atoms with van der Waals surface area (Å²) in [6, 6.07) is 16.2. The summed E-state index contributed by atoms with van der Waals surface area (Å²) in [5.41, 5.74) is 11.0. The van der Waals surface area contributed by atoms with E-state index < -0.39 is 0 Å². The number of hydrogen-bond donors (Lipinski definition) is 2. The lowest BCUT2D eigenvalue weighted by Crippen LogP contribution is -2.31. The number of para-hydroxylation sites is 1. The maximum Gasteiger partial charge on any atom is 0.135 e. The van der Waals surface area contributed by atoms with Gasteiger partial charge in [0.25, 0.3) is 0 Å². The van der Waals surface area contributed by atoms with Crippen molar-refractivity contribution in [3.8, 4) is 11.1 Å². The van der Waals surface area contributed by atoms with Crippen LogP contribution in [0.25, 0.3) is 11.1 Å². The second-order valence-electron chi connectivity index (χ2n) is 6.17. The van der Waals surface area contributed by atoms with Gasteiger partial charge >= 0.3 is 0 Å². The predicted octanol–water partition coefficient (Wildman–Crippen LogP) is 4.95. The number of hydrogen-bond acceptors (Lipinski definition) is 5. The third-order valence-corrected chi connectivity index (χ3v) is 6.62. The van der Waals surface area contributed by atoms with Crippen molar-refractivity contribution in [3.63, 3.8) is 0 Å². The Balaban J connectivity index is 1.96. The number of benzene rings is 2. The van der Waals surface area contributed by atoms with Crippen molar-refractivity contribution in [1.82, 2.24) is 0 Å². The van der Waals surface area contributed by atoms with Crippen LogP contribution >= 0.6 is 20.7 Å². The van der Waals surface area contributed by atoms with Crippen molar-refractivity contribution in [1.29, 1.82) is 0 Å². The first kappa shape index (κ1) is 14.5.